The molecule has 9 heteroatoms. The molecule has 9 rings (SSSR count). The predicted octanol–water partition coefficient (Wildman–Crippen LogP) is 7.54. The molecular formula is C45H42N4O5. The minimum absolute atomic E-state index is 0.0170. The predicted molar refractivity (Wildman–Crippen MR) is 208 cm³/mol. The van der Waals surface area contributed by atoms with Gasteiger partial charge in [0.2, 0.25) is 0 Å². The second-order valence-corrected chi connectivity index (χ2v) is 14.8. The van der Waals surface area contributed by atoms with E-state index in [1.807, 2.05) is 83.6 Å². The second kappa shape index (κ2) is 13.7. The molecule has 0 saturated carbocycles. The maximum absolute atomic E-state index is 13.9. The molecule has 0 radical (unpaired) electrons. The number of aliphatic imine (C=N–C) groups is 1. The summed E-state index contributed by atoms with van der Waals surface area (Å²) in [5.74, 6) is 1.79. The smallest absolute Gasteiger partial charge is 0.256 e. The molecule has 4 aliphatic rings. The molecule has 0 aromatic heterocycles. The Morgan fingerprint density at radius 1 is 0.704 bits per heavy atom. The van der Waals surface area contributed by atoms with Crippen molar-refractivity contribution >= 4 is 29.4 Å². The quantitative estimate of drug-likeness (QED) is 0.174. The van der Waals surface area contributed by atoms with Crippen molar-refractivity contribution in [1.29, 1.82) is 0 Å². The zero-order valence-corrected chi connectivity index (χ0v) is 30.5. The van der Waals surface area contributed by atoms with Crippen LogP contribution in [0.25, 0.3) is 0 Å². The molecule has 2 amide bonds. The number of amides is 2. The normalized spacial score (nSPS) is 18.3. The van der Waals surface area contributed by atoms with E-state index in [0.29, 0.717) is 52.8 Å². The van der Waals surface area contributed by atoms with E-state index in [1.165, 1.54) is 22.3 Å². The minimum Gasteiger partial charge on any atom is -0.493 e. The minimum atomic E-state index is -0.0913. The lowest BCUT2D eigenvalue weighted by Crippen LogP contribution is -2.44. The van der Waals surface area contributed by atoms with Gasteiger partial charge in [-0.05, 0) is 114 Å². The molecule has 54 heavy (non-hydrogen) atoms. The number of benzene rings is 5. The Morgan fingerprint density at radius 2 is 1.35 bits per heavy atom. The molecule has 5 aromatic carbocycles. The van der Waals surface area contributed by atoms with Crippen LogP contribution in [-0.4, -0.2) is 47.0 Å². The summed E-state index contributed by atoms with van der Waals surface area (Å²) < 4.78 is 18.5. The fraction of sp³-hybridized carbons (Fsp3) is 0.267. The van der Waals surface area contributed by atoms with Crippen LogP contribution < -0.4 is 19.9 Å². The van der Waals surface area contributed by atoms with E-state index in [2.05, 4.69) is 30.3 Å². The summed E-state index contributed by atoms with van der Waals surface area (Å²) in [6, 6.07) is 30.1. The Bertz CT molecular complexity index is 2350. The van der Waals surface area contributed by atoms with Gasteiger partial charge in [0, 0.05) is 42.7 Å². The van der Waals surface area contributed by atoms with Gasteiger partial charge < -0.3 is 29.7 Å². The standard InChI is InChI=1S/C45H42N4O5/c1-27-13-39-40(47-22-37-18-31-8-4-6-10-34(31)24-49(37)45(39)51)21-41(27)53-25-28-14-29(16-35(46)15-28)26-54-43-19-32-11-12-36-17-30-7-3-5-9-33(30)23-48(36)44(50)38(32)20-42(43)52-2/h3-10,13-16,19-22,36-37H,11-12,17-18,23-26,46H2,1-2H3/t36-,37+/m1/s1. The molecule has 0 fully saturated rings. The first-order chi connectivity index (χ1) is 26.3. The zero-order chi connectivity index (χ0) is 36.9. The number of nitrogen functional groups attached to an aromatic ring is 1. The first-order valence-electron chi connectivity index (χ1n) is 18.6. The number of methoxy groups -OCH3 is 1. The highest BCUT2D eigenvalue weighted by atomic mass is 16.5. The molecule has 272 valence electrons. The number of carbonyl (C=O) groups is 2. The third-order valence-electron chi connectivity index (χ3n) is 11.3. The van der Waals surface area contributed by atoms with Gasteiger partial charge in [0.15, 0.2) is 11.5 Å². The Kier molecular flexibility index (Phi) is 8.57. The van der Waals surface area contributed by atoms with Gasteiger partial charge in [-0.15, -0.1) is 0 Å². The summed E-state index contributed by atoms with van der Waals surface area (Å²) in [6.45, 7) is 3.66. The van der Waals surface area contributed by atoms with Crippen LogP contribution in [0.15, 0.2) is 96.0 Å². The number of carbonyl (C=O) groups excluding carboxylic acids is 2. The molecule has 4 heterocycles. The van der Waals surface area contributed by atoms with E-state index in [-0.39, 0.29) is 37.1 Å². The van der Waals surface area contributed by atoms with Crippen molar-refractivity contribution in [1.82, 2.24) is 9.80 Å². The second-order valence-electron chi connectivity index (χ2n) is 14.8. The third-order valence-corrected chi connectivity index (χ3v) is 11.3. The molecule has 0 bridgehead atoms. The van der Waals surface area contributed by atoms with Crippen molar-refractivity contribution in [2.45, 2.75) is 71.0 Å². The van der Waals surface area contributed by atoms with Crippen LogP contribution >= 0.6 is 0 Å². The van der Waals surface area contributed by atoms with Gasteiger partial charge in [0.05, 0.1) is 24.4 Å². The molecular weight excluding hydrogens is 677 g/mol. The molecule has 4 aliphatic heterocycles. The Labute approximate surface area is 315 Å². The first-order valence-corrected chi connectivity index (χ1v) is 18.6. The highest BCUT2D eigenvalue weighted by molar-refractivity contribution is 6.03. The summed E-state index contributed by atoms with van der Waals surface area (Å²) >= 11 is 0. The topological polar surface area (TPSA) is 107 Å². The maximum Gasteiger partial charge on any atom is 0.256 e. The third kappa shape index (κ3) is 6.23. The summed E-state index contributed by atoms with van der Waals surface area (Å²) in [5.41, 5.74) is 17.4. The number of fused-ring (bicyclic) bond motifs is 6. The molecule has 9 nitrogen and oxygen atoms in total. The number of rotatable bonds is 7. The van der Waals surface area contributed by atoms with Crippen molar-refractivity contribution in [2.24, 2.45) is 4.99 Å². The van der Waals surface area contributed by atoms with Crippen molar-refractivity contribution in [2.75, 3.05) is 12.8 Å². The number of hydrogen-bond donors (Lipinski definition) is 1. The number of ether oxygens (including phenoxy) is 3. The van der Waals surface area contributed by atoms with Gasteiger partial charge >= 0.3 is 0 Å². The number of aryl methyl sites for hydroxylation is 2. The lowest BCUT2D eigenvalue weighted by molar-refractivity contribution is 0.0641. The highest BCUT2D eigenvalue weighted by Crippen LogP contribution is 2.38. The maximum atomic E-state index is 13.9. The van der Waals surface area contributed by atoms with E-state index >= 15 is 0 Å². The zero-order valence-electron chi connectivity index (χ0n) is 30.5. The van der Waals surface area contributed by atoms with Gasteiger partial charge in [-0.25, -0.2) is 0 Å². The van der Waals surface area contributed by atoms with Gasteiger partial charge in [-0.1, -0.05) is 48.5 Å². The van der Waals surface area contributed by atoms with E-state index in [4.69, 9.17) is 24.9 Å². The van der Waals surface area contributed by atoms with Crippen molar-refractivity contribution in [3.05, 3.63) is 147 Å². The molecule has 5 aromatic rings. The van der Waals surface area contributed by atoms with E-state index in [9.17, 15) is 9.59 Å². The summed E-state index contributed by atoms with van der Waals surface area (Å²) in [7, 11) is 1.60. The highest BCUT2D eigenvalue weighted by Gasteiger charge is 2.35. The molecule has 2 atom stereocenters. The summed E-state index contributed by atoms with van der Waals surface area (Å²) in [4.78, 5) is 36.3. The van der Waals surface area contributed by atoms with E-state index in [0.717, 1.165) is 47.9 Å². The van der Waals surface area contributed by atoms with Crippen LogP contribution in [0.3, 0.4) is 0 Å². The fourth-order valence-electron chi connectivity index (χ4n) is 8.46. The molecule has 0 spiro atoms. The molecule has 0 aliphatic carbocycles. The van der Waals surface area contributed by atoms with Gasteiger partial charge in [-0.3, -0.25) is 14.6 Å². The van der Waals surface area contributed by atoms with Crippen LogP contribution in [0.4, 0.5) is 11.4 Å². The van der Waals surface area contributed by atoms with Crippen LogP contribution in [0.1, 0.15) is 71.6 Å². The number of nitrogens with zero attached hydrogens (tertiary/aromatic N) is 3. The first kappa shape index (κ1) is 33.7. The monoisotopic (exact) mass is 718 g/mol. The lowest BCUT2D eigenvalue weighted by Gasteiger charge is -2.35. The molecule has 0 saturated heterocycles. The Hall–Kier alpha value is -6.09. The average molecular weight is 719 g/mol. The van der Waals surface area contributed by atoms with Crippen molar-refractivity contribution in [3.63, 3.8) is 0 Å². The average Bonchev–Trinajstić information content (AvgIpc) is 3.40. The van der Waals surface area contributed by atoms with E-state index < -0.39 is 0 Å². The van der Waals surface area contributed by atoms with Gasteiger partial charge in [0.25, 0.3) is 11.8 Å². The van der Waals surface area contributed by atoms with Crippen LogP contribution in [0, 0.1) is 6.92 Å². The van der Waals surface area contributed by atoms with Crippen LogP contribution in [0.2, 0.25) is 0 Å². The van der Waals surface area contributed by atoms with Crippen LogP contribution in [0.5, 0.6) is 17.2 Å². The Balaban J connectivity index is 0.894. The number of hydrogen-bond acceptors (Lipinski definition) is 7. The number of nitrogens with two attached hydrogens (primary N) is 1. The summed E-state index contributed by atoms with van der Waals surface area (Å²) in [5, 5.41) is 0. The lowest BCUT2D eigenvalue weighted by atomic mass is 9.92. The van der Waals surface area contributed by atoms with Crippen LogP contribution in [-0.2, 0) is 45.6 Å². The van der Waals surface area contributed by atoms with E-state index in [1.54, 1.807) is 7.11 Å². The molecule has 2 N–H and O–H groups in total. The van der Waals surface area contributed by atoms with Gasteiger partial charge in [-0.2, -0.15) is 0 Å². The number of anilines is 1. The SMILES string of the molecule is COc1cc2c(cc1OCc1cc(N)cc(COc3cc4c(cc3C)C(=O)N3Cc5ccccc5C[C@H]3C=N4)c1)CC[C@@H]1Cc3ccccc3CN1C2=O. The summed E-state index contributed by atoms with van der Waals surface area (Å²) in [6.07, 6.45) is 5.17. The Morgan fingerprint density at radius 3 is 2.07 bits per heavy atom. The largest absolute Gasteiger partial charge is 0.493 e. The van der Waals surface area contributed by atoms with Gasteiger partial charge in [0.1, 0.15) is 19.0 Å². The van der Waals surface area contributed by atoms with Crippen molar-refractivity contribution in [3.8, 4) is 17.2 Å². The fourth-order valence-corrected chi connectivity index (χ4v) is 8.46. The molecule has 0 unspecified atom stereocenters. The van der Waals surface area contributed by atoms with Crippen molar-refractivity contribution < 1.29 is 23.8 Å².